The van der Waals surface area contributed by atoms with Crippen LogP contribution in [0.25, 0.3) is 0 Å². The van der Waals surface area contributed by atoms with Gasteiger partial charge in [-0.1, -0.05) is 17.3 Å². The van der Waals surface area contributed by atoms with E-state index in [1.54, 1.807) is 37.3 Å². The van der Waals surface area contributed by atoms with E-state index in [0.29, 0.717) is 22.9 Å². The van der Waals surface area contributed by atoms with Gasteiger partial charge in [0.15, 0.2) is 0 Å². The Kier molecular flexibility index (Phi) is 4.81. The number of benzene rings is 1. The minimum atomic E-state index is -3.47. The topological polar surface area (TPSA) is 107 Å². The molecule has 1 aromatic carbocycles. The van der Waals surface area contributed by atoms with Crippen molar-refractivity contribution in [3.63, 3.8) is 0 Å². The number of hydrogen-bond donors (Lipinski definition) is 2. The maximum Gasteiger partial charge on any atom is 0.217 e. The first-order chi connectivity index (χ1) is 9.96. The van der Waals surface area contributed by atoms with Crippen LogP contribution in [0.2, 0.25) is 0 Å². The molecule has 21 heavy (non-hydrogen) atoms. The highest BCUT2D eigenvalue weighted by atomic mass is 32.2. The summed E-state index contributed by atoms with van der Waals surface area (Å²) in [6.07, 6.45) is 0. The van der Waals surface area contributed by atoms with Gasteiger partial charge in [0.05, 0.1) is 5.69 Å². The number of aromatic nitrogens is 1. The quantitative estimate of drug-likeness (QED) is 0.585. The highest BCUT2D eigenvalue weighted by Gasteiger charge is 2.14. The van der Waals surface area contributed by atoms with Crippen LogP contribution >= 0.6 is 0 Å². The van der Waals surface area contributed by atoms with Gasteiger partial charge in [-0.05, 0) is 19.1 Å². The average Bonchev–Trinajstić information content (AvgIpc) is 2.81. The molecular weight excluding hydrogens is 294 g/mol. The molecule has 0 saturated carbocycles. The second-order valence-electron chi connectivity index (χ2n) is 4.47. The van der Waals surface area contributed by atoms with Gasteiger partial charge in [-0.25, -0.2) is 13.1 Å². The number of nitrogens with two attached hydrogens (primary N) is 1. The summed E-state index contributed by atoms with van der Waals surface area (Å²) in [6, 6.07) is 8.61. The fourth-order valence-electron chi connectivity index (χ4n) is 1.70. The molecule has 2 aromatic rings. The van der Waals surface area contributed by atoms with E-state index in [1.807, 2.05) is 0 Å². The standard InChI is InChI=1S/C13H17N3O4S/c1-10-8-11(16-20-10)9-21(17,18)15-6-7-19-13-5-3-2-4-12(13)14/h2-5,8,15H,6-7,9,14H2,1H3. The van der Waals surface area contributed by atoms with Crippen molar-refractivity contribution in [1.29, 1.82) is 0 Å². The van der Waals surface area contributed by atoms with Gasteiger partial charge in [0, 0.05) is 12.6 Å². The fraction of sp³-hybridized carbons (Fsp3) is 0.308. The largest absolute Gasteiger partial charge is 0.490 e. The predicted molar refractivity (Wildman–Crippen MR) is 78.2 cm³/mol. The number of rotatable bonds is 7. The Morgan fingerprint density at radius 1 is 1.38 bits per heavy atom. The maximum absolute atomic E-state index is 11.8. The van der Waals surface area contributed by atoms with Crippen LogP contribution in [-0.2, 0) is 15.8 Å². The molecule has 0 fully saturated rings. The van der Waals surface area contributed by atoms with Crippen molar-refractivity contribution < 1.29 is 17.7 Å². The van der Waals surface area contributed by atoms with Crippen molar-refractivity contribution in [2.24, 2.45) is 0 Å². The second-order valence-corrected chi connectivity index (χ2v) is 6.28. The van der Waals surface area contributed by atoms with Crippen LogP contribution in [0.4, 0.5) is 5.69 Å². The number of anilines is 1. The van der Waals surface area contributed by atoms with Crippen LogP contribution in [0.1, 0.15) is 11.5 Å². The molecule has 0 amide bonds. The number of sulfonamides is 1. The minimum absolute atomic E-state index is 0.146. The molecule has 0 spiro atoms. The van der Waals surface area contributed by atoms with E-state index in [9.17, 15) is 8.42 Å². The Balaban J connectivity index is 1.78. The third-order valence-corrected chi connectivity index (χ3v) is 3.94. The second kappa shape index (κ2) is 6.59. The summed E-state index contributed by atoms with van der Waals surface area (Å²) in [5.74, 6) is 0.879. The van der Waals surface area contributed by atoms with Crippen molar-refractivity contribution in [1.82, 2.24) is 9.88 Å². The molecule has 114 valence electrons. The zero-order valence-electron chi connectivity index (χ0n) is 11.6. The first-order valence-electron chi connectivity index (χ1n) is 6.33. The Labute approximate surface area is 123 Å². The summed E-state index contributed by atoms with van der Waals surface area (Å²) in [4.78, 5) is 0. The average molecular weight is 311 g/mol. The lowest BCUT2D eigenvalue weighted by atomic mass is 10.3. The summed E-state index contributed by atoms with van der Waals surface area (Å²) in [5.41, 5.74) is 6.59. The lowest BCUT2D eigenvalue weighted by molar-refractivity contribution is 0.324. The van der Waals surface area contributed by atoms with Crippen molar-refractivity contribution in [2.45, 2.75) is 12.7 Å². The van der Waals surface area contributed by atoms with Crippen LogP contribution < -0.4 is 15.2 Å². The van der Waals surface area contributed by atoms with Crippen LogP contribution in [0, 0.1) is 6.92 Å². The monoisotopic (exact) mass is 311 g/mol. The molecule has 0 bridgehead atoms. The molecule has 0 aliphatic heterocycles. The van der Waals surface area contributed by atoms with E-state index in [0.717, 1.165) is 0 Å². The van der Waals surface area contributed by atoms with Gasteiger partial charge < -0.3 is 15.0 Å². The molecule has 7 nitrogen and oxygen atoms in total. The van der Waals surface area contributed by atoms with Gasteiger partial charge >= 0.3 is 0 Å². The van der Waals surface area contributed by atoms with E-state index < -0.39 is 10.0 Å². The molecule has 8 heteroatoms. The number of aryl methyl sites for hydroxylation is 1. The van der Waals surface area contributed by atoms with Crippen molar-refractivity contribution >= 4 is 15.7 Å². The van der Waals surface area contributed by atoms with Crippen LogP contribution in [0.5, 0.6) is 5.75 Å². The Morgan fingerprint density at radius 2 is 2.14 bits per heavy atom. The third-order valence-electron chi connectivity index (χ3n) is 2.62. The van der Waals surface area contributed by atoms with Gasteiger partial charge in [-0.15, -0.1) is 0 Å². The Morgan fingerprint density at radius 3 is 2.81 bits per heavy atom. The molecule has 1 heterocycles. The first-order valence-corrected chi connectivity index (χ1v) is 7.98. The molecule has 3 N–H and O–H groups in total. The predicted octanol–water partition coefficient (Wildman–Crippen LogP) is 1.06. The Bertz CT molecular complexity index is 697. The Hall–Kier alpha value is -2.06. The summed E-state index contributed by atoms with van der Waals surface area (Å²) >= 11 is 0. The molecule has 0 saturated heterocycles. The van der Waals surface area contributed by atoms with E-state index in [-0.39, 0.29) is 18.9 Å². The van der Waals surface area contributed by atoms with Crippen LogP contribution in [-0.4, -0.2) is 26.7 Å². The van der Waals surface area contributed by atoms with Crippen molar-refractivity contribution in [3.05, 3.63) is 41.8 Å². The highest BCUT2D eigenvalue weighted by Crippen LogP contribution is 2.19. The van der Waals surface area contributed by atoms with Gasteiger partial charge in [0.1, 0.15) is 29.6 Å². The summed E-state index contributed by atoms with van der Waals surface area (Å²) in [5, 5.41) is 3.65. The smallest absolute Gasteiger partial charge is 0.217 e. The SMILES string of the molecule is Cc1cc(CS(=O)(=O)NCCOc2ccccc2N)no1. The van der Waals surface area contributed by atoms with Crippen LogP contribution in [0.15, 0.2) is 34.9 Å². The molecule has 0 aliphatic carbocycles. The number of nitrogens with one attached hydrogen (secondary N) is 1. The van der Waals surface area contributed by atoms with E-state index in [2.05, 4.69) is 9.88 Å². The van der Waals surface area contributed by atoms with Gasteiger partial charge in [0.25, 0.3) is 0 Å². The molecule has 1 aromatic heterocycles. The van der Waals surface area contributed by atoms with Gasteiger partial charge in [-0.2, -0.15) is 0 Å². The third kappa shape index (κ3) is 4.76. The summed E-state index contributed by atoms with van der Waals surface area (Å²) in [7, 11) is -3.47. The zero-order chi connectivity index (χ0) is 15.3. The van der Waals surface area contributed by atoms with E-state index in [4.69, 9.17) is 15.0 Å². The van der Waals surface area contributed by atoms with Gasteiger partial charge in [-0.3, -0.25) is 0 Å². The lowest BCUT2D eigenvalue weighted by Crippen LogP contribution is -2.29. The molecule has 0 radical (unpaired) electrons. The zero-order valence-corrected chi connectivity index (χ0v) is 12.4. The van der Waals surface area contributed by atoms with Crippen molar-refractivity contribution in [2.75, 3.05) is 18.9 Å². The lowest BCUT2D eigenvalue weighted by Gasteiger charge is -2.09. The first kappa shape index (κ1) is 15.3. The van der Waals surface area contributed by atoms with E-state index in [1.165, 1.54) is 0 Å². The fourth-order valence-corrected chi connectivity index (χ4v) is 2.72. The van der Waals surface area contributed by atoms with E-state index >= 15 is 0 Å². The normalized spacial score (nSPS) is 11.5. The highest BCUT2D eigenvalue weighted by molar-refractivity contribution is 7.88. The number of nitrogens with zero attached hydrogens (tertiary/aromatic N) is 1. The van der Waals surface area contributed by atoms with Crippen LogP contribution in [0.3, 0.4) is 0 Å². The summed E-state index contributed by atoms with van der Waals surface area (Å²) in [6.45, 7) is 2.04. The molecular formula is C13H17N3O4S. The molecule has 0 unspecified atom stereocenters. The summed E-state index contributed by atoms with van der Waals surface area (Å²) < 4.78 is 36.3. The van der Waals surface area contributed by atoms with Gasteiger partial charge in [0.2, 0.25) is 10.0 Å². The number of ether oxygens (including phenoxy) is 1. The minimum Gasteiger partial charge on any atom is -0.490 e. The number of hydrogen-bond acceptors (Lipinski definition) is 6. The molecule has 0 atom stereocenters. The molecule has 2 rings (SSSR count). The number of nitrogen functional groups attached to an aromatic ring is 1. The maximum atomic E-state index is 11.8. The number of para-hydroxylation sites is 2. The van der Waals surface area contributed by atoms with Crippen molar-refractivity contribution in [3.8, 4) is 5.75 Å². The molecule has 0 aliphatic rings.